The molecule has 1 N–H and O–H groups in total. The van der Waals surface area contributed by atoms with Gasteiger partial charge in [-0.15, -0.1) is 0 Å². The first-order chi connectivity index (χ1) is 5.84. The van der Waals surface area contributed by atoms with Crippen molar-refractivity contribution >= 4 is 5.97 Å². The van der Waals surface area contributed by atoms with E-state index in [1.807, 2.05) is 6.92 Å². The summed E-state index contributed by atoms with van der Waals surface area (Å²) in [6, 6.07) is 1.81. The van der Waals surface area contributed by atoms with Crippen LogP contribution < -0.4 is 0 Å². The van der Waals surface area contributed by atoms with Crippen LogP contribution in [0.2, 0.25) is 0 Å². The predicted octanol–water partition coefficient (Wildman–Crippen LogP) is 1.62. The lowest BCUT2D eigenvalue weighted by molar-refractivity contribution is -0.192. The van der Waals surface area contributed by atoms with Crippen LogP contribution in [0.15, 0.2) is 16.9 Å². The number of aromatic nitrogens is 1. The van der Waals surface area contributed by atoms with Crippen molar-refractivity contribution < 1.29 is 27.6 Å². The summed E-state index contributed by atoms with van der Waals surface area (Å²) in [6.45, 7) is 1.88. The third-order valence-corrected chi connectivity index (χ3v) is 0.809. The van der Waals surface area contributed by atoms with Gasteiger partial charge in [-0.2, -0.15) is 13.2 Å². The van der Waals surface area contributed by atoms with Crippen molar-refractivity contribution in [3.05, 3.63) is 18.0 Å². The highest BCUT2D eigenvalue weighted by Gasteiger charge is 2.38. The summed E-state index contributed by atoms with van der Waals surface area (Å²) in [4.78, 5) is 8.90. The van der Waals surface area contributed by atoms with Crippen molar-refractivity contribution in [3.8, 4) is 0 Å². The van der Waals surface area contributed by atoms with E-state index in [2.05, 4.69) is 9.68 Å². The molecule has 0 amide bonds. The van der Waals surface area contributed by atoms with Crippen molar-refractivity contribution in [2.75, 3.05) is 0 Å². The van der Waals surface area contributed by atoms with Gasteiger partial charge in [0.25, 0.3) is 0 Å². The smallest absolute Gasteiger partial charge is 0.475 e. The Morgan fingerprint density at radius 3 is 2.15 bits per heavy atom. The summed E-state index contributed by atoms with van der Waals surface area (Å²) in [5.41, 5.74) is 0.926. The van der Waals surface area contributed by atoms with Crippen molar-refractivity contribution in [3.63, 3.8) is 0 Å². The van der Waals surface area contributed by atoms with Crippen LogP contribution in [0.5, 0.6) is 0 Å². The average molecular weight is 197 g/mol. The number of halogens is 3. The molecule has 4 nitrogen and oxygen atoms in total. The molecule has 0 radical (unpaired) electrons. The Labute approximate surface area is 70.9 Å². The minimum atomic E-state index is -5.08. The molecule has 1 aromatic heterocycles. The monoisotopic (exact) mass is 197 g/mol. The fourth-order valence-electron chi connectivity index (χ4n) is 0.273. The van der Waals surface area contributed by atoms with Crippen LogP contribution in [-0.2, 0) is 4.79 Å². The van der Waals surface area contributed by atoms with Crippen LogP contribution >= 0.6 is 0 Å². The summed E-state index contributed by atoms with van der Waals surface area (Å²) < 4.78 is 36.2. The second kappa shape index (κ2) is 4.48. The zero-order chi connectivity index (χ0) is 10.5. The molecule has 1 heterocycles. The maximum absolute atomic E-state index is 10.6. The van der Waals surface area contributed by atoms with E-state index in [1.165, 1.54) is 0 Å². The molecule has 13 heavy (non-hydrogen) atoms. The molecule has 0 aliphatic carbocycles. The Kier molecular flexibility index (Phi) is 3.96. The number of aliphatic carboxylic acids is 1. The molecule has 1 rings (SSSR count). The molecule has 7 heteroatoms. The number of carbonyl (C=O) groups is 1. The van der Waals surface area contributed by atoms with Gasteiger partial charge in [-0.05, 0) is 6.92 Å². The van der Waals surface area contributed by atoms with Crippen molar-refractivity contribution in [1.82, 2.24) is 5.16 Å². The molecular weight excluding hydrogens is 191 g/mol. The van der Waals surface area contributed by atoms with Crippen molar-refractivity contribution in [2.45, 2.75) is 13.1 Å². The van der Waals surface area contributed by atoms with E-state index in [9.17, 15) is 13.2 Å². The van der Waals surface area contributed by atoms with Gasteiger partial charge in [0, 0.05) is 6.07 Å². The van der Waals surface area contributed by atoms with Crippen molar-refractivity contribution in [1.29, 1.82) is 0 Å². The third-order valence-electron chi connectivity index (χ3n) is 0.809. The Hall–Kier alpha value is -1.53. The zero-order valence-corrected chi connectivity index (χ0v) is 6.50. The molecule has 0 fully saturated rings. The first kappa shape index (κ1) is 11.5. The minimum absolute atomic E-state index is 0.926. The zero-order valence-electron chi connectivity index (χ0n) is 6.50. The molecule has 0 aromatic carbocycles. The molecule has 0 aliphatic rings. The molecule has 0 spiro atoms. The lowest BCUT2D eigenvalue weighted by Crippen LogP contribution is -2.21. The third kappa shape index (κ3) is 5.71. The van der Waals surface area contributed by atoms with Gasteiger partial charge in [0.1, 0.15) is 6.26 Å². The molecule has 0 saturated carbocycles. The largest absolute Gasteiger partial charge is 0.490 e. The van der Waals surface area contributed by atoms with Crippen LogP contribution in [0.4, 0.5) is 13.2 Å². The minimum Gasteiger partial charge on any atom is -0.475 e. The highest BCUT2D eigenvalue weighted by atomic mass is 19.4. The normalized spacial score (nSPS) is 10.2. The first-order valence-corrected chi connectivity index (χ1v) is 3.01. The summed E-state index contributed by atoms with van der Waals surface area (Å²) in [5, 5.41) is 10.7. The van der Waals surface area contributed by atoms with Gasteiger partial charge in [-0.25, -0.2) is 4.79 Å². The van der Waals surface area contributed by atoms with E-state index >= 15 is 0 Å². The summed E-state index contributed by atoms with van der Waals surface area (Å²) in [5.74, 6) is -2.76. The number of hydrogen-bond acceptors (Lipinski definition) is 3. The molecule has 1 aromatic rings. The topological polar surface area (TPSA) is 63.3 Å². The number of rotatable bonds is 0. The standard InChI is InChI=1S/C4H5NO.C2HF3O2/c1-4-2-3-6-5-4;3-2(4,5)1(6)7/h2-3H,1H3;(H,6,7). The first-order valence-electron chi connectivity index (χ1n) is 3.01. The Morgan fingerprint density at radius 1 is 1.62 bits per heavy atom. The fourth-order valence-corrected chi connectivity index (χ4v) is 0.273. The number of alkyl halides is 3. The maximum atomic E-state index is 10.6. The second-order valence-corrected chi connectivity index (χ2v) is 1.94. The molecule has 0 aliphatic heterocycles. The van der Waals surface area contributed by atoms with Crippen LogP contribution in [0, 0.1) is 6.92 Å². The van der Waals surface area contributed by atoms with Gasteiger partial charge in [0.2, 0.25) is 0 Å². The van der Waals surface area contributed by atoms with Crippen molar-refractivity contribution in [2.24, 2.45) is 0 Å². The Balaban J connectivity index is 0.000000223. The van der Waals surface area contributed by atoms with Gasteiger partial charge >= 0.3 is 12.1 Å². The number of nitrogens with zero attached hydrogens (tertiary/aromatic N) is 1. The quantitative estimate of drug-likeness (QED) is 0.686. The molecule has 0 unspecified atom stereocenters. The summed E-state index contributed by atoms with van der Waals surface area (Å²) in [6.07, 6.45) is -3.53. The van der Waals surface area contributed by atoms with E-state index in [4.69, 9.17) is 9.90 Å². The van der Waals surface area contributed by atoms with E-state index in [0.717, 1.165) is 5.69 Å². The van der Waals surface area contributed by atoms with Gasteiger partial charge in [-0.3, -0.25) is 0 Å². The average Bonchev–Trinajstić information content (AvgIpc) is 2.38. The maximum Gasteiger partial charge on any atom is 0.490 e. The lowest BCUT2D eigenvalue weighted by atomic mass is 10.5. The van der Waals surface area contributed by atoms with Crippen LogP contribution in [-0.4, -0.2) is 22.4 Å². The molecule has 74 valence electrons. The summed E-state index contributed by atoms with van der Waals surface area (Å²) >= 11 is 0. The van der Waals surface area contributed by atoms with Crippen LogP contribution in [0.3, 0.4) is 0 Å². The van der Waals surface area contributed by atoms with E-state index < -0.39 is 12.1 Å². The van der Waals surface area contributed by atoms with E-state index in [0.29, 0.717) is 0 Å². The molecular formula is C6H6F3NO3. The Morgan fingerprint density at radius 2 is 2.08 bits per heavy atom. The predicted molar refractivity (Wildman–Crippen MR) is 34.9 cm³/mol. The van der Waals surface area contributed by atoms with E-state index in [1.54, 1.807) is 12.3 Å². The van der Waals surface area contributed by atoms with Gasteiger partial charge in [0.05, 0.1) is 5.69 Å². The second-order valence-electron chi connectivity index (χ2n) is 1.94. The van der Waals surface area contributed by atoms with Crippen LogP contribution in [0.1, 0.15) is 5.69 Å². The number of aryl methyl sites for hydroxylation is 1. The van der Waals surface area contributed by atoms with Gasteiger partial charge in [0.15, 0.2) is 0 Å². The number of hydrogen-bond donors (Lipinski definition) is 1. The SMILES string of the molecule is Cc1ccon1.O=C(O)C(F)(F)F. The lowest BCUT2D eigenvalue weighted by Gasteiger charge is -1.93. The number of carboxylic acid groups (broad SMARTS) is 1. The van der Waals surface area contributed by atoms with Gasteiger partial charge in [-0.1, -0.05) is 5.16 Å². The Bertz CT molecular complexity index is 255. The van der Waals surface area contributed by atoms with Crippen LogP contribution in [0.25, 0.3) is 0 Å². The molecule has 0 bridgehead atoms. The molecule has 0 saturated heterocycles. The highest BCUT2D eigenvalue weighted by molar-refractivity contribution is 5.73. The summed E-state index contributed by atoms with van der Waals surface area (Å²) in [7, 11) is 0. The molecule has 0 atom stereocenters. The highest BCUT2D eigenvalue weighted by Crippen LogP contribution is 2.13. The fraction of sp³-hybridized carbons (Fsp3) is 0.333. The van der Waals surface area contributed by atoms with E-state index in [-0.39, 0.29) is 0 Å². The van der Waals surface area contributed by atoms with Gasteiger partial charge < -0.3 is 9.63 Å². The number of carboxylic acids is 1.